The van der Waals surface area contributed by atoms with E-state index >= 15 is 0 Å². The molecule has 0 saturated heterocycles. The molecule has 0 radical (unpaired) electrons. The molecule has 8 nitrogen and oxygen atoms in total. The predicted molar refractivity (Wildman–Crippen MR) is 112 cm³/mol. The van der Waals surface area contributed by atoms with Crippen LogP contribution in [0, 0.1) is 0 Å². The van der Waals surface area contributed by atoms with E-state index in [1.807, 2.05) is 31.1 Å². The second-order valence-electron chi connectivity index (χ2n) is 7.33. The third-order valence-electron chi connectivity index (χ3n) is 4.97. The van der Waals surface area contributed by atoms with Gasteiger partial charge in [0.25, 0.3) is 5.91 Å². The topological polar surface area (TPSA) is 79.8 Å². The summed E-state index contributed by atoms with van der Waals surface area (Å²) in [7, 11) is 7.33. The van der Waals surface area contributed by atoms with Gasteiger partial charge in [-0.15, -0.1) is 0 Å². The number of amides is 1. The van der Waals surface area contributed by atoms with Crippen LogP contribution in [-0.2, 0) is 13.0 Å². The number of anilines is 1. The summed E-state index contributed by atoms with van der Waals surface area (Å²) in [5.74, 6) is 1.87. The number of nitrogens with zero attached hydrogens (tertiary/aromatic N) is 4. The summed E-state index contributed by atoms with van der Waals surface area (Å²) >= 11 is 0. The maximum Gasteiger partial charge on any atom is 0.257 e. The van der Waals surface area contributed by atoms with E-state index in [1.165, 1.54) is 5.56 Å². The third-order valence-corrected chi connectivity index (χ3v) is 4.97. The van der Waals surface area contributed by atoms with E-state index in [0.29, 0.717) is 36.1 Å². The highest BCUT2D eigenvalue weighted by Gasteiger charge is 2.24. The minimum Gasteiger partial charge on any atom is -0.493 e. The van der Waals surface area contributed by atoms with Crippen molar-refractivity contribution in [2.75, 3.05) is 53.3 Å². The third kappa shape index (κ3) is 5.14. The molecule has 0 fully saturated rings. The Morgan fingerprint density at radius 1 is 1.14 bits per heavy atom. The molecule has 1 aromatic carbocycles. The number of methoxy groups -OCH3 is 2. The molecule has 3 rings (SSSR count). The largest absolute Gasteiger partial charge is 0.493 e. The zero-order valence-corrected chi connectivity index (χ0v) is 17.6. The number of ether oxygens (including phenoxy) is 2. The summed E-state index contributed by atoms with van der Waals surface area (Å²) in [4.78, 5) is 25.4. The Labute approximate surface area is 171 Å². The Kier molecular flexibility index (Phi) is 6.87. The van der Waals surface area contributed by atoms with Crippen molar-refractivity contribution in [2.45, 2.75) is 19.4 Å². The van der Waals surface area contributed by atoms with Crippen LogP contribution in [0.25, 0.3) is 0 Å². The van der Waals surface area contributed by atoms with Crippen molar-refractivity contribution in [1.82, 2.24) is 19.8 Å². The van der Waals surface area contributed by atoms with Crippen molar-refractivity contribution >= 4 is 11.9 Å². The molecule has 1 aliphatic rings. The van der Waals surface area contributed by atoms with Gasteiger partial charge in [-0.2, -0.15) is 0 Å². The number of hydrogen-bond acceptors (Lipinski definition) is 7. The molecule has 0 bridgehead atoms. The zero-order valence-electron chi connectivity index (χ0n) is 17.6. The average Bonchev–Trinajstić information content (AvgIpc) is 2.75. The monoisotopic (exact) mass is 399 g/mol. The van der Waals surface area contributed by atoms with Crippen molar-refractivity contribution in [1.29, 1.82) is 0 Å². The van der Waals surface area contributed by atoms with Gasteiger partial charge in [0, 0.05) is 32.0 Å². The Morgan fingerprint density at radius 2 is 1.79 bits per heavy atom. The zero-order chi connectivity index (χ0) is 20.8. The minimum atomic E-state index is -0.0652. The predicted octanol–water partition coefficient (Wildman–Crippen LogP) is 2.06. The van der Waals surface area contributed by atoms with Gasteiger partial charge in [0.2, 0.25) is 5.95 Å². The van der Waals surface area contributed by atoms with Gasteiger partial charge in [0.1, 0.15) is 0 Å². The second kappa shape index (κ2) is 9.56. The molecule has 0 aliphatic carbocycles. The Morgan fingerprint density at radius 3 is 2.41 bits per heavy atom. The number of aromatic nitrogens is 2. The smallest absolute Gasteiger partial charge is 0.257 e. The fourth-order valence-corrected chi connectivity index (χ4v) is 3.36. The van der Waals surface area contributed by atoms with E-state index in [2.05, 4.69) is 20.2 Å². The van der Waals surface area contributed by atoms with E-state index < -0.39 is 0 Å². The van der Waals surface area contributed by atoms with Crippen LogP contribution in [0.4, 0.5) is 5.95 Å². The molecule has 2 aromatic rings. The summed E-state index contributed by atoms with van der Waals surface area (Å²) in [5.41, 5.74) is 2.75. The average molecular weight is 399 g/mol. The Balaban J connectivity index is 1.62. The number of carbonyl (C=O) groups excluding carboxylic acids is 1. The quantitative estimate of drug-likeness (QED) is 0.681. The molecule has 0 spiro atoms. The lowest BCUT2D eigenvalue weighted by Crippen LogP contribution is -2.36. The van der Waals surface area contributed by atoms with Crippen LogP contribution in [0.5, 0.6) is 11.5 Å². The van der Waals surface area contributed by atoms with Gasteiger partial charge in [-0.1, -0.05) is 0 Å². The molecular formula is C21H29N5O3. The first-order chi connectivity index (χ1) is 14.0. The lowest BCUT2D eigenvalue weighted by molar-refractivity contribution is 0.0733. The van der Waals surface area contributed by atoms with Crippen LogP contribution in [0.1, 0.15) is 27.9 Å². The standard InChI is InChI=1S/C21H29N5O3/c1-25(2)8-5-7-22-21-23-12-17(13-24-21)20(27)26-9-6-15-10-18(28-3)19(29-4)11-16(15)14-26/h10-13H,5-9,14H2,1-4H3,(H,22,23,24). The molecule has 0 atom stereocenters. The summed E-state index contributed by atoms with van der Waals surface area (Å²) < 4.78 is 10.8. The van der Waals surface area contributed by atoms with Crippen molar-refractivity contribution in [3.05, 3.63) is 41.2 Å². The van der Waals surface area contributed by atoms with Gasteiger partial charge in [-0.3, -0.25) is 4.79 Å². The van der Waals surface area contributed by atoms with Crippen LogP contribution in [0.2, 0.25) is 0 Å². The van der Waals surface area contributed by atoms with E-state index in [9.17, 15) is 4.79 Å². The lowest BCUT2D eigenvalue weighted by Gasteiger charge is -2.29. The van der Waals surface area contributed by atoms with E-state index in [4.69, 9.17) is 9.47 Å². The van der Waals surface area contributed by atoms with Crippen molar-refractivity contribution < 1.29 is 14.3 Å². The molecule has 2 heterocycles. The summed E-state index contributed by atoms with van der Waals surface area (Å²) in [6.45, 7) is 2.96. The van der Waals surface area contributed by atoms with Crippen molar-refractivity contribution in [3.8, 4) is 11.5 Å². The van der Waals surface area contributed by atoms with Crippen LogP contribution >= 0.6 is 0 Å². The van der Waals surface area contributed by atoms with Crippen molar-refractivity contribution in [2.24, 2.45) is 0 Å². The lowest BCUT2D eigenvalue weighted by atomic mass is 9.98. The number of rotatable bonds is 8. The van der Waals surface area contributed by atoms with Crippen LogP contribution in [0.15, 0.2) is 24.5 Å². The second-order valence-corrected chi connectivity index (χ2v) is 7.33. The van der Waals surface area contributed by atoms with E-state index in [0.717, 1.165) is 31.5 Å². The summed E-state index contributed by atoms with van der Waals surface area (Å²) in [5, 5.41) is 3.18. The number of nitrogens with one attached hydrogen (secondary N) is 1. The molecule has 1 amide bonds. The van der Waals surface area contributed by atoms with Gasteiger partial charge in [0.15, 0.2) is 11.5 Å². The molecule has 1 aliphatic heterocycles. The molecule has 8 heteroatoms. The summed E-state index contributed by atoms with van der Waals surface area (Å²) in [6.07, 6.45) is 4.95. The molecular weight excluding hydrogens is 370 g/mol. The van der Waals surface area contributed by atoms with Crippen molar-refractivity contribution in [3.63, 3.8) is 0 Å². The highest BCUT2D eigenvalue weighted by Crippen LogP contribution is 2.33. The minimum absolute atomic E-state index is 0.0652. The van der Waals surface area contributed by atoms with Crippen LogP contribution < -0.4 is 14.8 Å². The first-order valence-corrected chi connectivity index (χ1v) is 9.75. The molecule has 29 heavy (non-hydrogen) atoms. The molecule has 156 valence electrons. The summed E-state index contributed by atoms with van der Waals surface area (Å²) in [6, 6.07) is 3.95. The highest BCUT2D eigenvalue weighted by atomic mass is 16.5. The van der Waals surface area contributed by atoms with Crippen LogP contribution in [-0.4, -0.2) is 73.6 Å². The number of hydrogen-bond donors (Lipinski definition) is 1. The maximum atomic E-state index is 12.9. The highest BCUT2D eigenvalue weighted by molar-refractivity contribution is 5.93. The first-order valence-electron chi connectivity index (χ1n) is 9.75. The number of fused-ring (bicyclic) bond motifs is 1. The Hall–Kier alpha value is -2.87. The fraction of sp³-hybridized carbons (Fsp3) is 0.476. The Bertz CT molecular complexity index is 839. The van der Waals surface area contributed by atoms with Gasteiger partial charge in [0.05, 0.1) is 19.8 Å². The van der Waals surface area contributed by atoms with Gasteiger partial charge in [-0.05, 0) is 56.7 Å². The van der Waals surface area contributed by atoms with Gasteiger partial charge < -0.3 is 24.6 Å². The molecule has 0 saturated carbocycles. The van der Waals surface area contributed by atoms with E-state index in [1.54, 1.807) is 26.6 Å². The number of benzene rings is 1. The van der Waals surface area contributed by atoms with Crippen LogP contribution in [0.3, 0.4) is 0 Å². The number of carbonyl (C=O) groups is 1. The maximum absolute atomic E-state index is 12.9. The molecule has 0 unspecified atom stereocenters. The first kappa shape index (κ1) is 20.9. The van der Waals surface area contributed by atoms with Gasteiger partial charge in [-0.25, -0.2) is 9.97 Å². The van der Waals surface area contributed by atoms with E-state index in [-0.39, 0.29) is 5.91 Å². The molecule has 1 aromatic heterocycles. The SMILES string of the molecule is COc1cc2c(cc1OC)CN(C(=O)c1cnc(NCCCN(C)C)nc1)CC2. The van der Waals surface area contributed by atoms with Gasteiger partial charge >= 0.3 is 0 Å². The normalized spacial score (nSPS) is 13.2. The fourth-order valence-electron chi connectivity index (χ4n) is 3.36. The molecule has 1 N–H and O–H groups in total.